The summed E-state index contributed by atoms with van der Waals surface area (Å²) in [5, 5.41) is 0. The number of hydroxylamine groups is 1. The normalized spacial score (nSPS) is 24.9. The van der Waals surface area contributed by atoms with Crippen LogP contribution in [0.1, 0.15) is 39.0 Å². The predicted molar refractivity (Wildman–Crippen MR) is 113 cm³/mol. The highest BCUT2D eigenvalue weighted by molar-refractivity contribution is 8.20. The van der Waals surface area contributed by atoms with Crippen LogP contribution in [0.15, 0.2) is 23.9 Å². The Hall–Kier alpha value is -1.25. The highest BCUT2D eigenvalue weighted by Crippen LogP contribution is 2.40. The molecular weight excluding hydrogens is 398 g/mol. The molecule has 1 saturated heterocycles. The fraction of sp³-hybridized carbons (Fsp3) is 0.650. The van der Waals surface area contributed by atoms with E-state index in [-0.39, 0.29) is 30.3 Å². The van der Waals surface area contributed by atoms with Crippen molar-refractivity contribution in [2.45, 2.75) is 43.6 Å². The van der Waals surface area contributed by atoms with E-state index >= 15 is 0 Å². The minimum atomic E-state index is -0.929. The molecule has 1 heterocycles. The second-order valence-electron chi connectivity index (χ2n) is 6.81. The van der Waals surface area contributed by atoms with Gasteiger partial charge in [-0.05, 0) is 25.2 Å². The van der Waals surface area contributed by atoms with Crippen molar-refractivity contribution in [1.82, 2.24) is 5.48 Å². The molecule has 0 aromatic carbocycles. The number of allylic oxidation sites excluding steroid dienone is 2. The molecule has 0 spiro atoms. The quantitative estimate of drug-likeness (QED) is 0.108. The van der Waals surface area contributed by atoms with Crippen molar-refractivity contribution in [2.75, 3.05) is 25.2 Å². The lowest BCUT2D eigenvalue weighted by molar-refractivity contribution is -0.152. The van der Waals surface area contributed by atoms with Crippen LogP contribution >= 0.6 is 23.5 Å². The molecule has 0 aromatic heterocycles. The number of hydrogen-bond acceptors (Lipinski definition) is 8. The van der Waals surface area contributed by atoms with Crippen molar-refractivity contribution in [3.05, 3.63) is 23.9 Å². The molecule has 6 nitrogen and oxygen atoms in total. The molecule has 0 bridgehead atoms. The van der Waals surface area contributed by atoms with Gasteiger partial charge in [0, 0.05) is 17.9 Å². The maximum atomic E-state index is 13.2. The average molecular weight is 428 g/mol. The maximum Gasteiger partial charge on any atom is 0.316 e. The van der Waals surface area contributed by atoms with Gasteiger partial charge in [0.15, 0.2) is 11.6 Å². The molecule has 2 fully saturated rings. The van der Waals surface area contributed by atoms with Crippen LogP contribution in [0.3, 0.4) is 0 Å². The van der Waals surface area contributed by atoms with Crippen LogP contribution in [0.2, 0.25) is 0 Å². The summed E-state index contributed by atoms with van der Waals surface area (Å²) < 4.78 is 5.39. The third-order valence-corrected chi connectivity index (χ3v) is 8.01. The fourth-order valence-electron chi connectivity index (χ4n) is 3.57. The molecule has 28 heavy (non-hydrogen) atoms. The van der Waals surface area contributed by atoms with Gasteiger partial charge in [-0.15, -0.1) is 30.1 Å². The number of Topliss-reactive ketones (excluding diaryl/α,β-unsaturated/α-hetero) is 2. The van der Waals surface area contributed by atoms with E-state index < -0.39 is 17.7 Å². The molecule has 1 saturated carbocycles. The van der Waals surface area contributed by atoms with Crippen molar-refractivity contribution in [3.63, 3.8) is 0 Å². The third kappa shape index (κ3) is 5.87. The Balaban J connectivity index is 2.23. The molecule has 8 heteroatoms. The average Bonchev–Trinajstić information content (AvgIpc) is 3.19. The Bertz CT molecular complexity index is 628. The largest absolute Gasteiger partial charge is 0.468 e. The zero-order chi connectivity index (χ0) is 20.5. The standard InChI is InChI=1S/C20H29NO5S2/c1-4-6-14(21-26-9-5-2)18-15(22)12-13(7-8-16-27-10-11-28-16)17(19(18)23)20(24)25-3/h5,13,16-17,21H,2,4,6-12H2,1,3H3/b18-14+. The first-order valence-corrected chi connectivity index (χ1v) is 11.7. The Kier molecular flexibility index (Phi) is 9.61. The van der Waals surface area contributed by atoms with Crippen LogP contribution in [0, 0.1) is 11.8 Å². The lowest BCUT2D eigenvalue weighted by Gasteiger charge is -2.31. The van der Waals surface area contributed by atoms with E-state index in [1.807, 2.05) is 30.4 Å². The number of rotatable bonds is 10. The number of ketones is 2. The molecule has 1 aliphatic heterocycles. The molecule has 156 valence electrons. The number of carbonyl (C=O) groups excluding carboxylic acids is 3. The van der Waals surface area contributed by atoms with E-state index in [0.717, 1.165) is 24.3 Å². The summed E-state index contributed by atoms with van der Waals surface area (Å²) in [7, 11) is 1.29. The van der Waals surface area contributed by atoms with E-state index in [0.29, 0.717) is 23.1 Å². The highest BCUT2D eigenvalue weighted by Gasteiger charge is 2.45. The van der Waals surface area contributed by atoms with Crippen LogP contribution in [0.25, 0.3) is 0 Å². The second-order valence-corrected chi connectivity index (χ2v) is 9.73. The molecule has 0 amide bonds. The van der Waals surface area contributed by atoms with Gasteiger partial charge in [0.1, 0.15) is 5.92 Å². The van der Waals surface area contributed by atoms with Crippen LogP contribution in [0.5, 0.6) is 0 Å². The van der Waals surface area contributed by atoms with Gasteiger partial charge in [0.25, 0.3) is 0 Å². The van der Waals surface area contributed by atoms with Crippen molar-refractivity contribution < 1.29 is 24.0 Å². The van der Waals surface area contributed by atoms with Gasteiger partial charge in [-0.1, -0.05) is 19.4 Å². The number of methoxy groups -OCH3 is 1. The zero-order valence-electron chi connectivity index (χ0n) is 16.5. The second kappa shape index (κ2) is 11.7. The summed E-state index contributed by atoms with van der Waals surface area (Å²) in [4.78, 5) is 43.7. The summed E-state index contributed by atoms with van der Waals surface area (Å²) in [6.07, 6.45) is 4.51. The summed E-state index contributed by atoms with van der Waals surface area (Å²) in [6.45, 7) is 5.76. The summed E-state index contributed by atoms with van der Waals surface area (Å²) in [5.74, 6) is -0.214. The molecule has 2 aliphatic rings. The number of carbonyl (C=O) groups is 3. The number of esters is 1. The van der Waals surface area contributed by atoms with Crippen LogP contribution in [-0.2, 0) is 24.0 Å². The SMILES string of the molecule is C=CCON/C(CCC)=C1\C(=O)CC(CCC2SCCS2)C(C(=O)OC)C1=O. The summed E-state index contributed by atoms with van der Waals surface area (Å²) in [5.41, 5.74) is 3.23. The van der Waals surface area contributed by atoms with Gasteiger partial charge < -0.3 is 4.74 Å². The van der Waals surface area contributed by atoms with Crippen molar-refractivity contribution in [3.8, 4) is 0 Å². The van der Waals surface area contributed by atoms with E-state index in [2.05, 4.69) is 12.1 Å². The Morgan fingerprint density at radius 1 is 1.29 bits per heavy atom. The highest BCUT2D eigenvalue weighted by atomic mass is 32.2. The Labute approximate surface area is 175 Å². The van der Waals surface area contributed by atoms with E-state index in [1.165, 1.54) is 7.11 Å². The number of hydrogen-bond donors (Lipinski definition) is 1. The van der Waals surface area contributed by atoms with E-state index in [4.69, 9.17) is 9.57 Å². The van der Waals surface area contributed by atoms with Crippen molar-refractivity contribution in [2.24, 2.45) is 11.8 Å². The molecular formula is C20H29NO5S2. The molecule has 0 aromatic rings. The molecule has 0 radical (unpaired) electrons. The van der Waals surface area contributed by atoms with Gasteiger partial charge >= 0.3 is 5.97 Å². The zero-order valence-corrected chi connectivity index (χ0v) is 18.2. The van der Waals surface area contributed by atoms with Gasteiger partial charge in [0.05, 0.1) is 29.6 Å². The minimum absolute atomic E-state index is 0.0576. The molecule has 2 atom stereocenters. The van der Waals surface area contributed by atoms with Gasteiger partial charge in [0.2, 0.25) is 0 Å². The molecule has 1 aliphatic carbocycles. The monoisotopic (exact) mass is 427 g/mol. The minimum Gasteiger partial charge on any atom is -0.468 e. The molecule has 2 unspecified atom stereocenters. The van der Waals surface area contributed by atoms with E-state index in [1.54, 1.807) is 6.08 Å². The van der Waals surface area contributed by atoms with Crippen LogP contribution in [-0.4, -0.2) is 47.3 Å². The van der Waals surface area contributed by atoms with Crippen molar-refractivity contribution >= 4 is 41.1 Å². The first kappa shape index (κ1) is 23.0. The number of ether oxygens (including phenoxy) is 1. The van der Waals surface area contributed by atoms with E-state index in [9.17, 15) is 14.4 Å². The first-order chi connectivity index (χ1) is 13.5. The van der Waals surface area contributed by atoms with Crippen molar-refractivity contribution in [1.29, 1.82) is 0 Å². The molecule has 1 N–H and O–H groups in total. The maximum absolute atomic E-state index is 13.2. The third-order valence-electron chi connectivity index (χ3n) is 4.84. The number of nitrogens with one attached hydrogen (secondary N) is 1. The number of thioether (sulfide) groups is 2. The van der Waals surface area contributed by atoms with Gasteiger partial charge in [-0.25, -0.2) is 0 Å². The first-order valence-electron chi connectivity index (χ1n) is 9.63. The summed E-state index contributed by atoms with van der Waals surface area (Å²) in [6, 6.07) is 0. The van der Waals surface area contributed by atoms with Crippen LogP contribution < -0.4 is 5.48 Å². The Morgan fingerprint density at radius 2 is 2.00 bits per heavy atom. The Morgan fingerprint density at radius 3 is 2.61 bits per heavy atom. The van der Waals surface area contributed by atoms with Crippen LogP contribution in [0.4, 0.5) is 0 Å². The summed E-state index contributed by atoms with van der Waals surface area (Å²) >= 11 is 3.81. The van der Waals surface area contributed by atoms with Gasteiger partial charge in [-0.3, -0.25) is 24.7 Å². The fourth-order valence-corrected chi connectivity index (χ4v) is 6.43. The topological polar surface area (TPSA) is 81.7 Å². The lowest BCUT2D eigenvalue weighted by atomic mass is 9.72. The smallest absolute Gasteiger partial charge is 0.316 e. The molecule has 2 rings (SSSR count). The van der Waals surface area contributed by atoms with Gasteiger partial charge in [-0.2, -0.15) is 0 Å². The lowest BCUT2D eigenvalue weighted by Crippen LogP contribution is -2.42. The predicted octanol–water partition coefficient (Wildman–Crippen LogP) is 3.28.